The van der Waals surface area contributed by atoms with E-state index in [-0.39, 0.29) is 24.6 Å². The summed E-state index contributed by atoms with van der Waals surface area (Å²) in [5.41, 5.74) is 1.33. The topological polar surface area (TPSA) is 47.6 Å². The Bertz CT molecular complexity index is 645. The van der Waals surface area contributed by atoms with E-state index in [0.717, 1.165) is 5.56 Å². The van der Waals surface area contributed by atoms with Crippen molar-refractivity contribution in [3.05, 3.63) is 59.7 Å². The SMILES string of the molecule is COc1ccc(CC(=O)NCc2ccccc2OC(F)F)cc1. The number of alkyl halides is 2. The van der Waals surface area contributed by atoms with Crippen molar-refractivity contribution in [2.24, 2.45) is 0 Å². The van der Waals surface area contributed by atoms with Crippen LogP contribution in [-0.4, -0.2) is 19.6 Å². The molecule has 0 aliphatic carbocycles. The van der Waals surface area contributed by atoms with Gasteiger partial charge in [-0.25, -0.2) is 0 Å². The predicted octanol–water partition coefficient (Wildman–Crippen LogP) is 3.16. The van der Waals surface area contributed by atoms with Gasteiger partial charge in [0.15, 0.2) is 0 Å². The Hall–Kier alpha value is -2.63. The highest BCUT2D eigenvalue weighted by Crippen LogP contribution is 2.20. The summed E-state index contributed by atoms with van der Waals surface area (Å²) < 4.78 is 34.1. The second-order valence-electron chi connectivity index (χ2n) is 4.79. The number of ether oxygens (including phenoxy) is 2. The van der Waals surface area contributed by atoms with Crippen LogP contribution >= 0.6 is 0 Å². The van der Waals surface area contributed by atoms with Gasteiger partial charge in [-0.05, 0) is 23.8 Å². The van der Waals surface area contributed by atoms with Crippen molar-refractivity contribution in [1.82, 2.24) is 5.32 Å². The van der Waals surface area contributed by atoms with Gasteiger partial charge in [-0.15, -0.1) is 0 Å². The molecular weight excluding hydrogens is 304 g/mol. The molecule has 23 heavy (non-hydrogen) atoms. The van der Waals surface area contributed by atoms with E-state index in [2.05, 4.69) is 10.1 Å². The van der Waals surface area contributed by atoms with Crippen molar-refractivity contribution >= 4 is 5.91 Å². The Kier molecular flexibility index (Phi) is 5.91. The van der Waals surface area contributed by atoms with Crippen LogP contribution < -0.4 is 14.8 Å². The van der Waals surface area contributed by atoms with Crippen LogP contribution in [0.5, 0.6) is 11.5 Å². The number of hydrogen-bond acceptors (Lipinski definition) is 3. The number of hydrogen-bond donors (Lipinski definition) is 1. The molecule has 0 atom stereocenters. The molecule has 0 radical (unpaired) electrons. The minimum atomic E-state index is -2.90. The van der Waals surface area contributed by atoms with E-state index in [1.165, 1.54) is 6.07 Å². The number of rotatable bonds is 7. The molecule has 122 valence electrons. The number of para-hydroxylation sites is 1. The van der Waals surface area contributed by atoms with Gasteiger partial charge < -0.3 is 14.8 Å². The highest BCUT2D eigenvalue weighted by atomic mass is 19.3. The molecule has 0 heterocycles. The first-order valence-electron chi connectivity index (χ1n) is 7.01. The van der Waals surface area contributed by atoms with Gasteiger partial charge in [-0.2, -0.15) is 8.78 Å². The Labute approximate surface area is 133 Å². The molecule has 0 saturated heterocycles. The third-order valence-corrected chi connectivity index (χ3v) is 3.19. The lowest BCUT2D eigenvalue weighted by Crippen LogP contribution is -2.25. The zero-order chi connectivity index (χ0) is 16.7. The van der Waals surface area contributed by atoms with Gasteiger partial charge >= 0.3 is 6.61 Å². The van der Waals surface area contributed by atoms with Crippen LogP contribution in [0, 0.1) is 0 Å². The molecule has 1 N–H and O–H groups in total. The van der Waals surface area contributed by atoms with Crippen LogP contribution in [0.2, 0.25) is 0 Å². The lowest BCUT2D eigenvalue weighted by atomic mass is 10.1. The molecule has 0 fully saturated rings. The Morgan fingerprint density at radius 3 is 2.48 bits per heavy atom. The number of benzene rings is 2. The molecule has 1 amide bonds. The highest BCUT2D eigenvalue weighted by molar-refractivity contribution is 5.78. The fraction of sp³-hybridized carbons (Fsp3) is 0.235. The Morgan fingerprint density at radius 1 is 1.13 bits per heavy atom. The van der Waals surface area contributed by atoms with Gasteiger partial charge in [-0.1, -0.05) is 30.3 Å². The summed E-state index contributed by atoms with van der Waals surface area (Å²) in [7, 11) is 1.57. The van der Waals surface area contributed by atoms with Gasteiger partial charge in [-0.3, -0.25) is 4.79 Å². The summed E-state index contributed by atoms with van der Waals surface area (Å²) >= 11 is 0. The molecule has 2 aromatic carbocycles. The minimum absolute atomic E-state index is 0.0623. The predicted molar refractivity (Wildman–Crippen MR) is 81.6 cm³/mol. The molecule has 0 spiro atoms. The second-order valence-corrected chi connectivity index (χ2v) is 4.79. The maximum atomic E-state index is 12.3. The molecule has 0 bridgehead atoms. The normalized spacial score (nSPS) is 10.4. The fourth-order valence-electron chi connectivity index (χ4n) is 2.05. The second kappa shape index (κ2) is 8.12. The van der Waals surface area contributed by atoms with Gasteiger partial charge in [0, 0.05) is 12.1 Å². The van der Waals surface area contributed by atoms with E-state index in [1.807, 2.05) is 0 Å². The fourth-order valence-corrected chi connectivity index (χ4v) is 2.05. The number of carbonyl (C=O) groups is 1. The first kappa shape index (κ1) is 16.7. The molecule has 2 rings (SSSR count). The van der Waals surface area contributed by atoms with Crippen molar-refractivity contribution in [1.29, 1.82) is 0 Å². The van der Waals surface area contributed by atoms with Crippen molar-refractivity contribution in [2.45, 2.75) is 19.6 Å². The van der Waals surface area contributed by atoms with E-state index in [0.29, 0.717) is 11.3 Å². The van der Waals surface area contributed by atoms with Gasteiger partial charge in [0.25, 0.3) is 0 Å². The maximum Gasteiger partial charge on any atom is 0.387 e. The zero-order valence-corrected chi connectivity index (χ0v) is 12.6. The van der Waals surface area contributed by atoms with E-state index in [4.69, 9.17) is 4.74 Å². The van der Waals surface area contributed by atoms with Crippen molar-refractivity contribution in [3.63, 3.8) is 0 Å². The highest BCUT2D eigenvalue weighted by Gasteiger charge is 2.10. The summed E-state index contributed by atoms with van der Waals surface area (Å²) in [5, 5.41) is 2.69. The van der Waals surface area contributed by atoms with Gasteiger partial charge in [0.1, 0.15) is 11.5 Å². The van der Waals surface area contributed by atoms with E-state index in [1.54, 1.807) is 49.6 Å². The lowest BCUT2D eigenvalue weighted by Gasteiger charge is -2.11. The molecule has 0 aliphatic heterocycles. The summed E-state index contributed by atoms with van der Waals surface area (Å²) in [4.78, 5) is 11.9. The first-order valence-corrected chi connectivity index (χ1v) is 7.01. The summed E-state index contributed by atoms with van der Waals surface area (Å²) in [6, 6.07) is 13.5. The third-order valence-electron chi connectivity index (χ3n) is 3.19. The molecule has 0 aromatic heterocycles. The quantitative estimate of drug-likeness (QED) is 0.852. The molecule has 0 aliphatic rings. The van der Waals surface area contributed by atoms with Crippen LogP contribution in [0.4, 0.5) is 8.78 Å². The zero-order valence-electron chi connectivity index (χ0n) is 12.6. The summed E-state index contributed by atoms with van der Waals surface area (Å²) in [6.45, 7) is -2.77. The van der Waals surface area contributed by atoms with Gasteiger partial charge in [0.05, 0.1) is 13.5 Å². The third kappa shape index (κ3) is 5.25. The number of carbonyl (C=O) groups excluding carboxylic acids is 1. The summed E-state index contributed by atoms with van der Waals surface area (Å²) in [6.07, 6.45) is 0.196. The number of methoxy groups -OCH3 is 1. The van der Waals surface area contributed by atoms with Crippen LogP contribution in [-0.2, 0) is 17.8 Å². The van der Waals surface area contributed by atoms with Crippen LogP contribution in [0.3, 0.4) is 0 Å². The largest absolute Gasteiger partial charge is 0.497 e. The first-order chi connectivity index (χ1) is 11.1. The lowest BCUT2D eigenvalue weighted by molar-refractivity contribution is -0.120. The standard InChI is InChI=1S/C17H17F2NO3/c1-22-14-8-6-12(7-9-14)10-16(21)20-11-13-4-2-3-5-15(13)23-17(18)19/h2-9,17H,10-11H2,1H3,(H,20,21). The number of nitrogens with one attached hydrogen (secondary N) is 1. The summed E-state index contributed by atoms with van der Waals surface area (Å²) in [5.74, 6) is 0.571. The number of amides is 1. The maximum absolute atomic E-state index is 12.3. The Morgan fingerprint density at radius 2 is 1.83 bits per heavy atom. The number of halogens is 2. The van der Waals surface area contributed by atoms with Crippen molar-refractivity contribution < 1.29 is 23.0 Å². The Balaban J connectivity index is 1.91. The van der Waals surface area contributed by atoms with Crippen LogP contribution in [0.25, 0.3) is 0 Å². The van der Waals surface area contributed by atoms with E-state index >= 15 is 0 Å². The monoisotopic (exact) mass is 321 g/mol. The molecule has 2 aromatic rings. The van der Waals surface area contributed by atoms with Crippen molar-refractivity contribution in [3.8, 4) is 11.5 Å². The van der Waals surface area contributed by atoms with E-state index in [9.17, 15) is 13.6 Å². The molecule has 4 nitrogen and oxygen atoms in total. The molecule has 0 saturated carbocycles. The molecular formula is C17H17F2NO3. The minimum Gasteiger partial charge on any atom is -0.497 e. The smallest absolute Gasteiger partial charge is 0.387 e. The average Bonchev–Trinajstić information content (AvgIpc) is 2.54. The van der Waals surface area contributed by atoms with E-state index < -0.39 is 6.61 Å². The van der Waals surface area contributed by atoms with Gasteiger partial charge in [0.2, 0.25) is 5.91 Å². The molecule has 6 heteroatoms. The van der Waals surface area contributed by atoms with Crippen molar-refractivity contribution in [2.75, 3.05) is 7.11 Å². The molecule has 0 unspecified atom stereocenters. The average molecular weight is 321 g/mol. The van der Waals surface area contributed by atoms with Crippen LogP contribution in [0.1, 0.15) is 11.1 Å². The van der Waals surface area contributed by atoms with Crippen LogP contribution in [0.15, 0.2) is 48.5 Å².